The van der Waals surface area contributed by atoms with Gasteiger partial charge < -0.3 is 15.2 Å². The monoisotopic (exact) mass is 193 g/mol. The summed E-state index contributed by atoms with van der Waals surface area (Å²) >= 11 is 0. The predicted octanol–water partition coefficient (Wildman–Crippen LogP) is 0.659. The average Bonchev–Trinajstić information content (AvgIpc) is 2.56. The molecule has 1 fully saturated rings. The number of carbonyl (C=O) groups excluding carboxylic acids is 1. The molecule has 1 heterocycles. The van der Waals surface area contributed by atoms with Gasteiger partial charge in [-0.3, -0.25) is 4.79 Å². The van der Waals surface area contributed by atoms with Crippen molar-refractivity contribution in [3.63, 3.8) is 0 Å². The lowest BCUT2D eigenvalue weighted by atomic mass is 10.3. The van der Waals surface area contributed by atoms with E-state index in [9.17, 15) is 4.79 Å². The second-order valence-electron chi connectivity index (χ2n) is 3.18. The van der Waals surface area contributed by atoms with Gasteiger partial charge in [0.2, 0.25) is 0 Å². The number of nitrogens with one attached hydrogen (secondary N) is 1. The second-order valence-corrected chi connectivity index (χ2v) is 3.18. The van der Waals surface area contributed by atoms with Gasteiger partial charge in [-0.1, -0.05) is 0 Å². The lowest BCUT2D eigenvalue weighted by Crippen LogP contribution is -2.27. The largest absolute Gasteiger partial charge is 0.508 e. The first-order valence-electron chi connectivity index (χ1n) is 4.49. The van der Waals surface area contributed by atoms with Crippen molar-refractivity contribution in [2.45, 2.75) is 12.5 Å². The molecule has 74 valence electrons. The topological polar surface area (TPSA) is 58.6 Å². The highest BCUT2D eigenvalue weighted by Gasteiger charge is 2.25. The van der Waals surface area contributed by atoms with Gasteiger partial charge in [-0.05, 0) is 24.3 Å². The molecule has 1 atom stereocenters. The smallest absolute Gasteiger partial charge is 0.261 e. The fourth-order valence-corrected chi connectivity index (χ4v) is 1.37. The molecule has 4 heteroatoms. The highest BCUT2D eigenvalue weighted by Crippen LogP contribution is 2.18. The van der Waals surface area contributed by atoms with Crippen molar-refractivity contribution >= 4 is 5.91 Å². The van der Waals surface area contributed by atoms with Crippen molar-refractivity contribution in [1.29, 1.82) is 0 Å². The number of rotatable bonds is 2. The molecule has 0 aliphatic carbocycles. The van der Waals surface area contributed by atoms with Gasteiger partial charge in [0.1, 0.15) is 11.5 Å². The molecule has 0 bridgehead atoms. The lowest BCUT2D eigenvalue weighted by molar-refractivity contribution is -0.124. The van der Waals surface area contributed by atoms with Crippen LogP contribution < -0.4 is 10.1 Å². The van der Waals surface area contributed by atoms with Crippen molar-refractivity contribution < 1.29 is 14.6 Å². The molecule has 1 aromatic rings. The van der Waals surface area contributed by atoms with Crippen LogP contribution in [0.15, 0.2) is 24.3 Å². The molecule has 1 aliphatic rings. The van der Waals surface area contributed by atoms with Crippen LogP contribution >= 0.6 is 0 Å². The Labute approximate surface area is 81.5 Å². The standard InChI is InChI=1S/C10H11NO3/c12-7-1-3-8(4-2-7)14-9-5-6-11-10(9)13/h1-4,9,12H,5-6H2,(H,11,13). The Balaban J connectivity index is 2.03. The average molecular weight is 193 g/mol. The summed E-state index contributed by atoms with van der Waals surface area (Å²) in [5.74, 6) is 0.719. The molecular formula is C10H11NO3. The fraction of sp³-hybridized carbons (Fsp3) is 0.300. The first kappa shape index (κ1) is 8.87. The number of aromatic hydroxyl groups is 1. The van der Waals surface area contributed by atoms with Crippen LogP contribution in [0.1, 0.15) is 6.42 Å². The molecule has 1 aliphatic heterocycles. The Kier molecular flexibility index (Phi) is 2.26. The van der Waals surface area contributed by atoms with E-state index in [-0.39, 0.29) is 17.8 Å². The molecule has 0 aromatic heterocycles. The summed E-state index contributed by atoms with van der Waals surface area (Å²) in [5, 5.41) is 11.7. The fourth-order valence-electron chi connectivity index (χ4n) is 1.37. The number of ether oxygens (including phenoxy) is 1. The van der Waals surface area contributed by atoms with Crippen molar-refractivity contribution in [3.8, 4) is 11.5 Å². The first-order chi connectivity index (χ1) is 6.75. The number of phenols is 1. The van der Waals surface area contributed by atoms with E-state index in [0.29, 0.717) is 18.7 Å². The zero-order chi connectivity index (χ0) is 9.97. The molecular weight excluding hydrogens is 182 g/mol. The molecule has 14 heavy (non-hydrogen) atoms. The normalized spacial score (nSPS) is 20.6. The SMILES string of the molecule is O=C1NCCC1Oc1ccc(O)cc1. The summed E-state index contributed by atoms with van der Waals surface area (Å²) < 4.78 is 5.42. The number of carbonyl (C=O) groups is 1. The van der Waals surface area contributed by atoms with Gasteiger partial charge >= 0.3 is 0 Å². The van der Waals surface area contributed by atoms with E-state index < -0.39 is 0 Å². The highest BCUT2D eigenvalue weighted by atomic mass is 16.5. The van der Waals surface area contributed by atoms with Crippen LogP contribution in [0.2, 0.25) is 0 Å². The van der Waals surface area contributed by atoms with Crippen LogP contribution in [-0.2, 0) is 4.79 Å². The summed E-state index contributed by atoms with van der Waals surface area (Å²) in [7, 11) is 0. The quantitative estimate of drug-likeness (QED) is 0.725. The Morgan fingerprint density at radius 3 is 2.64 bits per heavy atom. The minimum atomic E-state index is -0.389. The highest BCUT2D eigenvalue weighted by molar-refractivity contribution is 5.83. The third-order valence-corrected chi connectivity index (χ3v) is 2.11. The molecule has 4 nitrogen and oxygen atoms in total. The molecule has 0 spiro atoms. The van der Waals surface area contributed by atoms with Crippen molar-refractivity contribution in [3.05, 3.63) is 24.3 Å². The summed E-state index contributed by atoms with van der Waals surface area (Å²) in [6.07, 6.45) is 0.305. The van der Waals surface area contributed by atoms with Crippen molar-refractivity contribution in [2.75, 3.05) is 6.54 Å². The van der Waals surface area contributed by atoms with Crippen LogP contribution in [0.3, 0.4) is 0 Å². The van der Waals surface area contributed by atoms with E-state index in [1.54, 1.807) is 12.1 Å². The van der Waals surface area contributed by atoms with Gasteiger partial charge in [0.25, 0.3) is 5.91 Å². The second kappa shape index (κ2) is 3.57. The third kappa shape index (κ3) is 1.79. The van der Waals surface area contributed by atoms with E-state index in [2.05, 4.69) is 5.32 Å². The maximum absolute atomic E-state index is 11.2. The maximum Gasteiger partial charge on any atom is 0.261 e. The first-order valence-corrected chi connectivity index (χ1v) is 4.49. The van der Waals surface area contributed by atoms with E-state index >= 15 is 0 Å². The van der Waals surface area contributed by atoms with E-state index in [1.165, 1.54) is 12.1 Å². The summed E-state index contributed by atoms with van der Waals surface area (Å²) in [4.78, 5) is 11.2. The molecule has 1 aromatic carbocycles. The molecule has 1 amide bonds. The molecule has 0 saturated carbocycles. The van der Waals surface area contributed by atoms with Crippen LogP contribution in [-0.4, -0.2) is 23.7 Å². The third-order valence-electron chi connectivity index (χ3n) is 2.11. The lowest BCUT2D eigenvalue weighted by Gasteiger charge is -2.10. The summed E-state index contributed by atoms with van der Waals surface area (Å²) in [6, 6.07) is 6.34. The Bertz CT molecular complexity index is 334. The molecule has 2 rings (SSSR count). The molecule has 0 radical (unpaired) electrons. The number of benzene rings is 1. The minimum Gasteiger partial charge on any atom is -0.508 e. The molecule has 2 N–H and O–H groups in total. The van der Waals surface area contributed by atoms with E-state index in [0.717, 1.165) is 0 Å². The summed E-state index contributed by atoms with van der Waals surface area (Å²) in [5.41, 5.74) is 0. The minimum absolute atomic E-state index is 0.0712. The van der Waals surface area contributed by atoms with Gasteiger partial charge in [-0.2, -0.15) is 0 Å². The maximum atomic E-state index is 11.2. The van der Waals surface area contributed by atoms with Crippen LogP contribution in [0.5, 0.6) is 11.5 Å². The van der Waals surface area contributed by atoms with Crippen LogP contribution in [0, 0.1) is 0 Å². The number of hydrogen-bond donors (Lipinski definition) is 2. The van der Waals surface area contributed by atoms with Gasteiger partial charge in [0.05, 0.1) is 0 Å². The van der Waals surface area contributed by atoms with Gasteiger partial charge in [-0.25, -0.2) is 0 Å². The molecule has 1 unspecified atom stereocenters. The zero-order valence-corrected chi connectivity index (χ0v) is 7.56. The number of phenolic OH excluding ortho intramolecular Hbond substituents is 1. The Morgan fingerprint density at radius 2 is 2.07 bits per heavy atom. The zero-order valence-electron chi connectivity index (χ0n) is 7.56. The van der Waals surface area contributed by atoms with Crippen LogP contribution in [0.25, 0.3) is 0 Å². The van der Waals surface area contributed by atoms with Crippen molar-refractivity contribution in [1.82, 2.24) is 5.32 Å². The predicted molar refractivity (Wildman–Crippen MR) is 50.1 cm³/mol. The van der Waals surface area contributed by atoms with Crippen molar-refractivity contribution in [2.24, 2.45) is 0 Å². The van der Waals surface area contributed by atoms with E-state index in [4.69, 9.17) is 9.84 Å². The van der Waals surface area contributed by atoms with Gasteiger partial charge in [0, 0.05) is 13.0 Å². The van der Waals surface area contributed by atoms with Gasteiger partial charge in [-0.15, -0.1) is 0 Å². The van der Waals surface area contributed by atoms with Crippen LogP contribution in [0.4, 0.5) is 0 Å². The summed E-state index contributed by atoms with van der Waals surface area (Å²) in [6.45, 7) is 0.668. The van der Waals surface area contributed by atoms with E-state index in [1.807, 2.05) is 0 Å². The number of hydrogen-bond acceptors (Lipinski definition) is 3. The number of amides is 1. The Hall–Kier alpha value is -1.71. The Morgan fingerprint density at radius 1 is 1.36 bits per heavy atom. The van der Waals surface area contributed by atoms with Gasteiger partial charge in [0.15, 0.2) is 6.10 Å². The molecule has 1 saturated heterocycles.